The molecule has 1 aromatic heterocycles. The van der Waals surface area contributed by atoms with Crippen molar-refractivity contribution in [2.24, 2.45) is 18.2 Å². The van der Waals surface area contributed by atoms with Gasteiger partial charge in [0, 0.05) is 0 Å². The van der Waals surface area contributed by atoms with Crippen molar-refractivity contribution in [3.63, 3.8) is 0 Å². The van der Waals surface area contributed by atoms with Crippen LogP contribution in [0.5, 0.6) is 0 Å². The van der Waals surface area contributed by atoms with Crippen LogP contribution in [0.1, 0.15) is 47.1 Å². The summed E-state index contributed by atoms with van der Waals surface area (Å²) < 4.78 is 4.28. The molecule has 0 fully saturated rings. The van der Waals surface area contributed by atoms with E-state index in [1.807, 2.05) is 7.05 Å². The molecule has 1 heterocycles. The summed E-state index contributed by atoms with van der Waals surface area (Å²) in [7, 11) is 2.04. The van der Waals surface area contributed by atoms with Gasteiger partial charge in [0.1, 0.15) is 18.4 Å². The van der Waals surface area contributed by atoms with E-state index in [1.165, 1.54) is 0 Å². The van der Waals surface area contributed by atoms with Crippen molar-refractivity contribution >= 4 is 0 Å². The number of aryl methyl sites for hydroxylation is 1. The van der Waals surface area contributed by atoms with Crippen LogP contribution in [0.15, 0.2) is 18.7 Å². The van der Waals surface area contributed by atoms with E-state index in [4.69, 9.17) is 5.73 Å². The van der Waals surface area contributed by atoms with Gasteiger partial charge >= 0.3 is 0 Å². The van der Waals surface area contributed by atoms with Gasteiger partial charge < -0.3 is 5.73 Å². The SMILES string of the molecule is C[n+]1ccn(C(CC(C)(C)C)C(C)(C)N)c1. The highest BCUT2D eigenvalue weighted by Crippen LogP contribution is 2.33. The third kappa shape index (κ3) is 3.63. The van der Waals surface area contributed by atoms with Crippen LogP contribution in [0, 0.1) is 5.41 Å². The molecule has 0 aromatic carbocycles. The first-order valence-electron chi connectivity index (χ1n) is 5.91. The number of nitrogens with two attached hydrogens (primary N) is 1. The summed E-state index contributed by atoms with van der Waals surface area (Å²) in [5.41, 5.74) is 6.37. The van der Waals surface area contributed by atoms with E-state index >= 15 is 0 Å². The number of rotatable bonds is 3. The summed E-state index contributed by atoms with van der Waals surface area (Å²) in [6.07, 6.45) is 7.34. The lowest BCUT2D eigenvalue weighted by Crippen LogP contribution is -2.44. The fourth-order valence-electron chi connectivity index (χ4n) is 1.99. The minimum absolute atomic E-state index is 0.209. The summed E-state index contributed by atoms with van der Waals surface area (Å²) in [6.45, 7) is 11.0. The predicted octanol–water partition coefficient (Wildman–Crippen LogP) is 2.03. The average Bonchev–Trinajstić information content (AvgIpc) is 2.43. The molecule has 2 N–H and O–H groups in total. The molecule has 0 aliphatic heterocycles. The van der Waals surface area contributed by atoms with Crippen LogP contribution in [-0.4, -0.2) is 10.1 Å². The Morgan fingerprint density at radius 2 is 1.81 bits per heavy atom. The van der Waals surface area contributed by atoms with E-state index in [0.29, 0.717) is 6.04 Å². The molecule has 1 atom stereocenters. The molecule has 0 radical (unpaired) electrons. The first kappa shape index (κ1) is 13.2. The Hall–Kier alpha value is -0.830. The van der Waals surface area contributed by atoms with Crippen LogP contribution >= 0.6 is 0 Å². The van der Waals surface area contributed by atoms with Crippen LogP contribution in [0.3, 0.4) is 0 Å². The highest BCUT2D eigenvalue weighted by molar-refractivity contribution is 4.91. The minimum atomic E-state index is -0.209. The molecular formula is C13H26N3+. The molecular weight excluding hydrogens is 198 g/mol. The third-order valence-electron chi connectivity index (χ3n) is 2.81. The van der Waals surface area contributed by atoms with Crippen molar-refractivity contribution in [3.8, 4) is 0 Å². The van der Waals surface area contributed by atoms with Gasteiger partial charge in [-0.3, -0.25) is 0 Å². The van der Waals surface area contributed by atoms with Crippen LogP contribution in [0.2, 0.25) is 0 Å². The molecule has 16 heavy (non-hydrogen) atoms. The Labute approximate surface area is 99.3 Å². The van der Waals surface area contributed by atoms with E-state index in [2.05, 4.69) is 62.5 Å². The van der Waals surface area contributed by atoms with Crippen molar-refractivity contribution in [1.29, 1.82) is 0 Å². The minimum Gasteiger partial charge on any atom is -0.322 e. The van der Waals surface area contributed by atoms with Gasteiger partial charge in [0.2, 0.25) is 6.33 Å². The number of hydrogen-bond donors (Lipinski definition) is 1. The van der Waals surface area contributed by atoms with E-state index in [-0.39, 0.29) is 11.0 Å². The molecule has 3 heteroatoms. The molecule has 1 aromatic rings. The van der Waals surface area contributed by atoms with Crippen molar-refractivity contribution < 1.29 is 4.57 Å². The zero-order valence-electron chi connectivity index (χ0n) is 11.5. The number of aromatic nitrogens is 2. The van der Waals surface area contributed by atoms with Crippen molar-refractivity contribution in [1.82, 2.24) is 4.57 Å². The fraction of sp³-hybridized carbons (Fsp3) is 0.769. The zero-order valence-corrected chi connectivity index (χ0v) is 11.5. The van der Waals surface area contributed by atoms with Crippen molar-refractivity contribution in [2.45, 2.75) is 52.6 Å². The summed E-state index contributed by atoms with van der Waals surface area (Å²) in [6, 6.07) is 0.327. The topological polar surface area (TPSA) is 34.8 Å². The Balaban J connectivity index is 2.98. The van der Waals surface area contributed by atoms with Crippen molar-refractivity contribution in [3.05, 3.63) is 18.7 Å². The molecule has 0 aliphatic rings. The normalized spacial score (nSPS) is 15.2. The second-order valence-corrected chi connectivity index (χ2v) is 6.63. The van der Waals surface area contributed by atoms with E-state index in [9.17, 15) is 0 Å². The fourth-order valence-corrected chi connectivity index (χ4v) is 1.99. The number of nitrogens with zero attached hydrogens (tertiary/aromatic N) is 2. The van der Waals surface area contributed by atoms with Gasteiger partial charge in [-0.15, -0.1) is 0 Å². The molecule has 0 saturated carbocycles. The summed E-state index contributed by atoms with van der Waals surface area (Å²) in [5, 5.41) is 0. The molecule has 3 nitrogen and oxygen atoms in total. The summed E-state index contributed by atoms with van der Waals surface area (Å²) >= 11 is 0. The van der Waals surface area contributed by atoms with Gasteiger partial charge in [0.05, 0.1) is 12.6 Å². The Bertz CT molecular complexity index is 339. The standard InChI is InChI=1S/C13H26N3/c1-12(2,3)9-11(13(4,5)14)16-8-7-15(6)10-16/h7-8,10-11H,9,14H2,1-6H3/q+1. The Morgan fingerprint density at radius 3 is 2.12 bits per heavy atom. The summed E-state index contributed by atoms with van der Waals surface area (Å²) in [4.78, 5) is 0. The number of hydrogen-bond acceptors (Lipinski definition) is 1. The average molecular weight is 224 g/mol. The molecule has 0 bridgehead atoms. The highest BCUT2D eigenvalue weighted by Gasteiger charge is 2.34. The molecule has 0 amide bonds. The largest absolute Gasteiger partial charge is 0.322 e. The maximum atomic E-state index is 6.30. The molecule has 0 saturated heterocycles. The van der Waals surface area contributed by atoms with Gasteiger partial charge in [0.15, 0.2) is 0 Å². The van der Waals surface area contributed by atoms with E-state index in [0.717, 1.165) is 6.42 Å². The monoisotopic (exact) mass is 224 g/mol. The van der Waals surface area contributed by atoms with Gasteiger partial charge in [-0.05, 0) is 25.7 Å². The Kier molecular flexibility index (Phi) is 3.48. The lowest BCUT2D eigenvalue weighted by atomic mass is 9.81. The zero-order chi connectivity index (χ0) is 12.6. The lowest BCUT2D eigenvalue weighted by molar-refractivity contribution is -0.671. The smallest absolute Gasteiger partial charge is 0.243 e. The molecule has 1 unspecified atom stereocenters. The lowest BCUT2D eigenvalue weighted by Gasteiger charge is -2.32. The van der Waals surface area contributed by atoms with Gasteiger partial charge in [-0.25, -0.2) is 9.13 Å². The van der Waals surface area contributed by atoms with Gasteiger partial charge in [0.25, 0.3) is 0 Å². The van der Waals surface area contributed by atoms with Crippen LogP contribution < -0.4 is 10.3 Å². The molecule has 1 rings (SSSR count). The predicted molar refractivity (Wildman–Crippen MR) is 67.0 cm³/mol. The van der Waals surface area contributed by atoms with Gasteiger partial charge in [-0.2, -0.15) is 0 Å². The quantitative estimate of drug-likeness (QED) is 0.783. The maximum Gasteiger partial charge on any atom is 0.243 e. The summed E-state index contributed by atoms with van der Waals surface area (Å²) in [5.74, 6) is 0. The van der Waals surface area contributed by atoms with Crippen molar-refractivity contribution in [2.75, 3.05) is 0 Å². The first-order valence-corrected chi connectivity index (χ1v) is 5.91. The Morgan fingerprint density at radius 1 is 1.25 bits per heavy atom. The van der Waals surface area contributed by atoms with Crippen LogP contribution in [0.4, 0.5) is 0 Å². The first-order chi connectivity index (χ1) is 7.09. The molecule has 92 valence electrons. The van der Waals surface area contributed by atoms with Crippen LogP contribution in [0.25, 0.3) is 0 Å². The second kappa shape index (κ2) is 4.21. The maximum absolute atomic E-state index is 6.30. The molecule has 0 spiro atoms. The van der Waals surface area contributed by atoms with E-state index in [1.54, 1.807) is 0 Å². The number of imidazole rings is 1. The second-order valence-electron chi connectivity index (χ2n) is 6.63. The highest BCUT2D eigenvalue weighted by atomic mass is 15.1. The molecule has 0 aliphatic carbocycles. The third-order valence-corrected chi connectivity index (χ3v) is 2.81. The van der Waals surface area contributed by atoms with Crippen LogP contribution in [-0.2, 0) is 7.05 Å². The van der Waals surface area contributed by atoms with E-state index < -0.39 is 0 Å². The van der Waals surface area contributed by atoms with Gasteiger partial charge in [-0.1, -0.05) is 20.8 Å².